The topological polar surface area (TPSA) is 59.3 Å². The number of benzene rings is 2. The Kier molecular flexibility index (Phi) is 6.56. The highest BCUT2D eigenvalue weighted by molar-refractivity contribution is 5.97. The Hall–Kier alpha value is -3.32. The molecule has 0 aliphatic rings. The number of ether oxygens (including phenoxy) is 2. The fraction of sp³-hybridized carbons (Fsp3) is 0.143. The molecule has 0 aromatic heterocycles. The lowest BCUT2D eigenvalue weighted by atomic mass is 10.1. The van der Waals surface area contributed by atoms with Crippen molar-refractivity contribution in [2.45, 2.75) is 13.5 Å². The van der Waals surface area contributed by atoms with Crippen molar-refractivity contribution >= 4 is 12.0 Å². The number of nitriles is 1. The van der Waals surface area contributed by atoms with Gasteiger partial charge in [-0.05, 0) is 36.3 Å². The number of rotatable bonds is 7. The summed E-state index contributed by atoms with van der Waals surface area (Å²) in [5.41, 5.74) is 2.95. The SMILES string of the molecule is C=CCOC(=O)/C(C#N)=C/c1ccc(OCc2ccc(C)cc2)cc1. The van der Waals surface area contributed by atoms with Gasteiger partial charge < -0.3 is 9.47 Å². The zero-order valence-corrected chi connectivity index (χ0v) is 14.1. The molecule has 0 saturated heterocycles. The molecule has 2 rings (SSSR count). The standard InChI is InChI=1S/C21H19NO3/c1-3-12-24-21(23)19(14-22)13-17-8-10-20(11-9-17)25-15-18-6-4-16(2)5-7-18/h3-11,13H,1,12,15H2,2H3/b19-13+. The van der Waals surface area contributed by atoms with Crippen molar-refractivity contribution in [2.75, 3.05) is 6.61 Å². The van der Waals surface area contributed by atoms with Gasteiger partial charge in [-0.3, -0.25) is 0 Å². The first kappa shape index (κ1) is 18.0. The molecule has 2 aromatic rings. The van der Waals surface area contributed by atoms with Crippen LogP contribution in [0.1, 0.15) is 16.7 Å². The van der Waals surface area contributed by atoms with Crippen LogP contribution >= 0.6 is 0 Å². The van der Waals surface area contributed by atoms with Gasteiger partial charge in [-0.15, -0.1) is 0 Å². The number of esters is 1. The van der Waals surface area contributed by atoms with Crippen LogP contribution in [0.2, 0.25) is 0 Å². The van der Waals surface area contributed by atoms with Gasteiger partial charge in [0.15, 0.2) is 0 Å². The molecule has 25 heavy (non-hydrogen) atoms. The molecule has 0 N–H and O–H groups in total. The molecule has 0 radical (unpaired) electrons. The lowest BCUT2D eigenvalue weighted by Crippen LogP contribution is -2.06. The van der Waals surface area contributed by atoms with Crippen LogP contribution in [0.4, 0.5) is 0 Å². The molecule has 0 amide bonds. The van der Waals surface area contributed by atoms with Gasteiger partial charge in [-0.25, -0.2) is 4.79 Å². The van der Waals surface area contributed by atoms with Crippen molar-refractivity contribution in [1.29, 1.82) is 5.26 Å². The number of hydrogen-bond donors (Lipinski definition) is 0. The van der Waals surface area contributed by atoms with Crippen molar-refractivity contribution in [3.63, 3.8) is 0 Å². The molecule has 0 fully saturated rings. The van der Waals surface area contributed by atoms with Gasteiger partial charge in [0.2, 0.25) is 0 Å². The van der Waals surface area contributed by atoms with Crippen LogP contribution in [0.25, 0.3) is 6.08 Å². The van der Waals surface area contributed by atoms with E-state index in [-0.39, 0.29) is 12.2 Å². The molecule has 0 unspecified atom stereocenters. The van der Waals surface area contributed by atoms with Crippen molar-refractivity contribution in [3.05, 3.63) is 83.4 Å². The molecular formula is C21H19NO3. The zero-order valence-electron chi connectivity index (χ0n) is 14.1. The normalized spacial score (nSPS) is 10.6. The summed E-state index contributed by atoms with van der Waals surface area (Å²) < 4.78 is 10.6. The quantitative estimate of drug-likeness (QED) is 0.330. The van der Waals surface area contributed by atoms with Crippen molar-refractivity contribution in [2.24, 2.45) is 0 Å². The summed E-state index contributed by atoms with van der Waals surface area (Å²) in [6.07, 6.45) is 2.93. The van der Waals surface area contributed by atoms with Crippen molar-refractivity contribution < 1.29 is 14.3 Å². The predicted octanol–water partition coefficient (Wildman–Crippen LogP) is 4.21. The molecule has 4 heteroatoms. The largest absolute Gasteiger partial charge is 0.489 e. The number of carbonyl (C=O) groups excluding carboxylic acids is 1. The first-order valence-electron chi connectivity index (χ1n) is 7.80. The number of carbonyl (C=O) groups is 1. The van der Waals surface area contributed by atoms with E-state index in [0.29, 0.717) is 12.4 Å². The first-order valence-corrected chi connectivity index (χ1v) is 7.80. The van der Waals surface area contributed by atoms with Crippen LogP contribution in [-0.4, -0.2) is 12.6 Å². The molecule has 0 spiro atoms. The zero-order chi connectivity index (χ0) is 18.1. The van der Waals surface area contributed by atoms with Gasteiger partial charge in [0.25, 0.3) is 0 Å². The third kappa shape index (κ3) is 5.67. The van der Waals surface area contributed by atoms with Crippen LogP contribution in [0.15, 0.2) is 66.8 Å². The molecule has 0 bridgehead atoms. The summed E-state index contributed by atoms with van der Waals surface area (Å²) in [7, 11) is 0. The minimum atomic E-state index is -0.665. The Morgan fingerprint density at radius 1 is 1.16 bits per heavy atom. The molecular weight excluding hydrogens is 314 g/mol. The van der Waals surface area contributed by atoms with Crippen LogP contribution in [0.3, 0.4) is 0 Å². The van der Waals surface area contributed by atoms with E-state index in [4.69, 9.17) is 14.7 Å². The second-order valence-corrected chi connectivity index (χ2v) is 5.40. The van der Waals surface area contributed by atoms with Gasteiger partial charge in [0, 0.05) is 0 Å². The van der Waals surface area contributed by atoms with E-state index < -0.39 is 5.97 Å². The van der Waals surface area contributed by atoms with Crippen LogP contribution < -0.4 is 4.74 Å². The van der Waals surface area contributed by atoms with E-state index >= 15 is 0 Å². The van der Waals surface area contributed by atoms with E-state index in [1.165, 1.54) is 17.7 Å². The average Bonchev–Trinajstić information content (AvgIpc) is 2.64. The fourth-order valence-electron chi connectivity index (χ4n) is 2.03. The molecule has 2 aromatic carbocycles. The number of nitrogens with zero attached hydrogens (tertiary/aromatic N) is 1. The van der Waals surface area contributed by atoms with E-state index in [0.717, 1.165) is 11.1 Å². The Morgan fingerprint density at radius 2 is 1.84 bits per heavy atom. The van der Waals surface area contributed by atoms with Gasteiger partial charge >= 0.3 is 5.97 Å². The first-order chi connectivity index (χ1) is 12.1. The van der Waals surface area contributed by atoms with Gasteiger partial charge in [-0.1, -0.05) is 54.6 Å². The highest BCUT2D eigenvalue weighted by Crippen LogP contribution is 2.16. The summed E-state index contributed by atoms with van der Waals surface area (Å²) >= 11 is 0. The number of aryl methyl sites for hydroxylation is 1. The van der Waals surface area contributed by atoms with Crippen LogP contribution in [0, 0.1) is 18.3 Å². The lowest BCUT2D eigenvalue weighted by Gasteiger charge is -2.07. The molecule has 0 saturated carbocycles. The van der Waals surface area contributed by atoms with Gasteiger partial charge in [0.1, 0.15) is 30.6 Å². The summed E-state index contributed by atoms with van der Waals surface area (Å²) in [6, 6.07) is 17.1. The lowest BCUT2D eigenvalue weighted by molar-refractivity contribution is -0.137. The van der Waals surface area contributed by atoms with E-state index in [2.05, 4.69) is 6.58 Å². The predicted molar refractivity (Wildman–Crippen MR) is 96.7 cm³/mol. The van der Waals surface area contributed by atoms with E-state index in [9.17, 15) is 4.79 Å². The van der Waals surface area contributed by atoms with Crippen molar-refractivity contribution in [1.82, 2.24) is 0 Å². The fourth-order valence-corrected chi connectivity index (χ4v) is 2.03. The highest BCUT2D eigenvalue weighted by Gasteiger charge is 2.09. The highest BCUT2D eigenvalue weighted by atomic mass is 16.5. The van der Waals surface area contributed by atoms with Crippen molar-refractivity contribution in [3.8, 4) is 11.8 Å². The smallest absolute Gasteiger partial charge is 0.349 e. The molecule has 0 aliphatic heterocycles. The molecule has 126 valence electrons. The monoisotopic (exact) mass is 333 g/mol. The maximum Gasteiger partial charge on any atom is 0.349 e. The molecule has 4 nitrogen and oxygen atoms in total. The summed E-state index contributed by atoms with van der Waals surface area (Å²) in [4.78, 5) is 11.7. The minimum absolute atomic E-state index is 0.0600. The third-order valence-corrected chi connectivity index (χ3v) is 3.39. The van der Waals surface area contributed by atoms with E-state index in [1.807, 2.05) is 37.3 Å². The Bertz CT molecular complexity index is 797. The van der Waals surface area contributed by atoms with Gasteiger partial charge in [0.05, 0.1) is 0 Å². The molecule has 0 aliphatic carbocycles. The average molecular weight is 333 g/mol. The molecule has 0 heterocycles. The van der Waals surface area contributed by atoms with Gasteiger partial charge in [-0.2, -0.15) is 5.26 Å². The summed E-state index contributed by atoms with van der Waals surface area (Å²) in [6.45, 7) is 6.05. The third-order valence-electron chi connectivity index (χ3n) is 3.39. The van der Waals surface area contributed by atoms with Crippen LogP contribution in [0.5, 0.6) is 5.75 Å². The maximum atomic E-state index is 11.7. The maximum absolute atomic E-state index is 11.7. The number of hydrogen-bond acceptors (Lipinski definition) is 4. The van der Waals surface area contributed by atoms with Crippen LogP contribution in [-0.2, 0) is 16.1 Å². The molecule has 0 atom stereocenters. The Balaban J connectivity index is 1.99. The minimum Gasteiger partial charge on any atom is -0.489 e. The second kappa shape index (κ2) is 9.09. The second-order valence-electron chi connectivity index (χ2n) is 5.40. The Labute approximate surface area is 147 Å². The summed E-state index contributed by atoms with van der Waals surface area (Å²) in [5.74, 6) is 0.0487. The summed E-state index contributed by atoms with van der Waals surface area (Å²) in [5, 5.41) is 9.07. The van der Waals surface area contributed by atoms with E-state index in [1.54, 1.807) is 24.3 Å². The Morgan fingerprint density at radius 3 is 2.44 bits per heavy atom.